The molecule has 3 aromatic rings. The van der Waals surface area contributed by atoms with Gasteiger partial charge in [-0.05, 0) is 55.5 Å². The van der Waals surface area contributed by atoms with Gasteiger partial charge < -0.3 is 0 Å². The van der Waals surface area contributed by atoms with E-state index in [-0.39, 0.29) is 11.6 Å². The van der Waals surface area contributed by atoms with E-state index in [4.69, 9.17) is 11.6 Å². The van der Waals surface area contributed by atoms with Gasteiger partial charge in [-0.15, -0.1) is 16.8 Å². The second kappa shape index (κ2) is 8.50. The molecule has 1 aromatic heterocycles. The fraction of sp³-hybridized carbons (Fsp3) is 0.150. The highest BCUT2D eigenvalue weighted by atomic mass is 35.5. The zero-order valence-electron chi connectivity index (χ0n) is 14.6. The summed E-state index contributed by atoms with van der Waals surface area (Å²) in [6, 6.07) is 12.9. The topological polar surface area (TPSA) is 47.8 Å². The predicted octanol–water partition coefficient (Wildman–Crippen LogP) is 5.29. The summed E-state index contributed by atoms with van der Waals surface area (Å²) in [5.74, 6) is 0.210. The van der Waals surface area contributed by atoms with E-state index in [1.165, 1.54) is 36.0 Å². The quantitative estimate of drug-likeness (QED) is 0.306. The van der Waals surface area contributed by atoms with Gasteiger partial charge in [0, 0.05) is 22.7 Å². The van der Waals surface area contributed by atoms with E-state index in [2.05, 4.69) is 16.8 Å². The number of allylic oxidation sites excluding steroid dienone is 1. The van der Waals surface area contributed by atoms with Crippen molar-refractivity contribution in [1.82, 2.24) is 14.8 Å². The van der Waals surface area contributed by atoms with E-state index >= 15 is 0 Å². The van der Waals surface area contributed by atoms with Crippen LogP contribution in [0.4, 0.5) is 4.39 Å². The highest BCUT2D eigenvalue weighted by molar-refractivity contribution is 8.00. The lowest BCUT2D eigenvalue weighted by molar-refractivity contribution is 0.0994. The molecule has 0 aliphatic heterocycles. The lowest BCUT2D eigenvalue weighted by Gasteiger charge is -2.12. The maximum Gasteiger partial charge on any atom is 0.192 e. The summed E-state index contributed by atoms with van der Waals surface area (Å²) in [6.45, 7) is 6.09. The maximum atomic E-state index is 13.1. The summed E-state index contributed by atoms with van der Waals surface area (Å²) in [7, 11) is 0. The SMILES string of the molecule is C=CCn1c(SC(C)C(=O)c2ccc(F)cc2)nnc1-c1ccc(Cl)cc1. The van der Waals surface area contributed by atoms with Crippen molar-refractivity contribution in [2.24, 2.45) is 0 Å². The van der Waals surface area contributed by atoms with Crippen LogP contribution in [0.1, 0.15) is 17.3 Å². The number of rotatable bonds is 7. The van der Waals surface area contributed by atoms with Crippen molar-refractivity contribution >= 4 is 29.1 Å². The average molecular weight is 402 g/mol. The van der Waals surface area contributed by atoms with Crippen molar-refractivity contribution in [3.05, 3.63) is 77.6 Å². The van der Waals surface area contributed by atoms with Gasteiger partial charge >= 0.3 is 0 Å². The van der Waals surface area contributed by atoms with Crippen LogP contribution in [0.3, 0.4) is 0 Å². The van der Waals surface area contributed by atoms with Crippen LogP contribution in [0.5, 0.6) is 0 Å². The molecular weight excluding hydrogens is 385 g/mol. The number of carbonyl (C=O) groups is 1. The van der Waals surface area contributed by atoms with Gasteiger partial charge in [0.15, 0.2) is 16.8 Å². The Morgan fingerprint density at radius 3 is 2.52 bits per heavy atom. The smallest absolute Gasteiger partial charge is 0.192 e. The molecule has 4 nitrogen and oxygen atoms in total. The Bertz CT molecular complexity index is 954. The van der Waals surface area contributed by atoms with Crippen molar-refractivity contribution in [1.29, 1.82) is 0 Å². The van der Waals surface area contributed by atoms with Gasteiger partial charge in [0.25, 0.3) is 0 Å². The average Bonchev–Trinajstić information content (AvgIpc) is 3.05. The van der Waals surface area contributed by atoms with Crippen LogP contribution in [-0.2, 0) is 6.54 Å². The number of ketones is 1. The molecule has 0 bridgehead atoms. The molecule has 3 rings (SSSR count). The summed E-state index contributed by atoms with van der Waals surface area (Å²) in [6.07, 6.45) is 1.75. The van der Waals surface area contributed by atoms with Gasteiger partial charge in [-0.1, -0.05) is 29.4 Å². The molecular formula is C20H17ClFN3OS. The van der Waals surface area contributed by atoms with E-state index in [9.17, 15) is 9.18 Å². The summed E-state index contributed by atoms with van der Waals surface area (Å²) in [5, 5.41) is 9.37. The molecule has 0 N–H and O–H groups in total. The highest BCUT2D eigenvalue weighted by Gasteiger charge is 2.21. The summed E-state index contributed by atoms with van der Waals surface area (Å²) in [4.78, 5) is 12.6. The Hall–Kier alpha value is -2.44. The molecule has 138 valence electrons. The molecule has 2 aromatic carbocycles. The van der Waals surface area contributed by atoms with Crippen LogP contribution in [0, 0.1) is 5.82 Å². The molecule has 27 heavy (non-hydrogen) atoms. The standard InChI is InChI=1S/C20H17ClFN3OS/c1-3-12-25-19(15-4-8-16(21)9-5-15)23-24-20(25)27-13(2)18(26)14-6-10-17(22)11-7-14/h3-11,13H,1,12H2,2H3. The number of carbonyl (C=O) groups excluding carboxylic acids is 1. The molecule has 0 amide bonds. The van der Waals surface area contributed by atoms with Gasteiger partial charge in [0.05, 0.1) is 5.25 Å². The largest absolute Gasteiger partial charge is 0.298 e. The molecule has 1 atom stereocenters. The lowest BCUT2D eigenvalue weighted by atomic mass is 10.1. The summed E-state index contributed by atoms with van der Waals surface area (Å²) in [5.41, 5.74) is 1.34. The number of Topliss-reactive ketones (excluding diaryl/α,β-unsaturated/α-hetero) is 1. The van der Waals surface area contributed by atoms with Crippen LogP contribution in [0.15, 0.2) is 66.3 Å². The van der Waals surface area contributed by atoms with Crippen molar-refractivity contribution in [2.45, 2.75) is 23.9 Å². The van der Waals surface area contributed by atoms with Crippen molar-refractivity contribution in [3.63, 3.8) is 0 Å². The van der Waals surface area contributed by atoms with Crippen molar-refractivity contribution in [2.75, 3.05) is 0 Å². The van der Waals surface area contributed by atoms with E-state index in [0.29, 0.717) is 28.1 Å². The molecule has 0 saturated heterocycles. The van der Waals surface area contributed by atoms with E-state index in [1.54, 1.807) is 25.1 Å². The third-order valence-electron chi connectivity index (χ3n) is 3.91. The Kier molecular flexibility index (Phi) is 6.08. The second-order valence-electron chi connectivity index (χ2n) is 5.84. The molecule has 1 unspecified atom stereocenters. The van der Waals surface area contributed by atoms with E-state index in [1.807, 2.05) is 16.7 Å². The third-order valence-corrected chi connectivity index (χ3v) is 5.24. The normalized spacial score (nSPS) is 12.0. The molecule has 1 heterocycles. The Labute approximate surface area is 166 Å². The second-order valence-corrected chi connectivity index (χ2v) is 7.59. The number of nitrogens with zero attached hydrogens (tertiary/aromatic N) is 3. The van der Waals surface area contributed by atoms with Gasteiger partial charge in [-0.25, -0.2) is 4.39 Å². The molecule has 7 heteroatoms. The van der Waals surface area contributed by atoms with Crippen LogP contribution in [-0.4, -0.2) is 25.8 Å². The van der Waals surface area contributed by atoms with Crippen LogP contribution >= 0.6 is 23.4 Å². The Morgan fingerprint density at radius 2 is 1.89 bits per heavy atom. The molecule has 0 spiro atoms. The first-order valence-corrected chi connectivity index (χ1v) is 9.52. The molecule has 0 fully saturated rings. The molecule has 0 aliphatic carbocycles. The minimum absolute atomic E-state index is 0.0961. The van der Waals surface area contributed by atoms with Crippen LogP contribution < -0.4 is 0 Å². The van der Waals surface area contributed by atoms with Crippen LogP contribution in [0.2, 0.25) is 5.02 Å². The van der Waals surface area contributed by atoms with Crippen molar-refractivity contribution < 1.29 is 9.18 Å². The van der Waals surface area contributed by atoms with E-state index in [0.717, 1.165) is 5.56 Å². The monoisotopic (exact) mass is 401 g/mol. The fourth-order valence-electron chi connectivity index (χ4n) is 2.54. The zero-order valence-corrected chi connectivity index (χ0v) is 16.2. The van der Waals surface area contributed by atoms with Crippen LogP contribution in [0.25, 0.3) is 11.4 Å². The minimum atomic E-state index is -0.402. The van der Waals surface area contributed by atoms with Gasteiger partial charge in [0.1, 0.15) is 5.82 Å². The lowest BCUT2D eigenvalue weighted by Crippen LogP contribution is -2.15. The first-order chi connectivity index (χ1) is 13.0. The van der Waals surface area contributed by atoms with E-state index < -0.39 is 5.25 Å². The Morgan fingerprint density at radius 1 is 1.22 bits per heavy atom. The first-order valence-electron chi connectivity index (χ1n) is 8.26. The summed E-state index contributed by atoms with van der Waals surface area (Å²) >= 11 is 7.26. The number of benzene rings is 2. The van der Waals surface area contributed by atoms with Gasteiger partial charge in [-0.3, -0.25) is 9.36 Å². The Balaban J connectivity index is 1.85. The van der Waals surface area contributed by atoms with Gasteiger partial charge in [0.2, 0.25) is 0 Å². The predicted molar refractivity (Wildman–Crippen MR) is 107 cm³/mol. The minimum Gasteiger partial charge on any atom is -0.298 e. The zero-order chi connectivity index (χ0) is 19.4. The highest BCUT2D eigenvalue weighted by Crippen LogP contribution is 2.29. The number of hydrogen-bond donors (Lipinski definition) is 0. The number of thioether (sulfide) groups is 1. The molecule has 0 saturated carbocycles. The number of hydrogen-bond acceptors (Lipinski definition) is 4. The number of halogens is 2. The van der Waals surface area contributed by atoms with Gasteiger partial charge in [-0.2, -0.15) is 0 Å². The molecule has 0 aliphatic rings. The molecule has 0 radical (unpaired) electrons. The third kappa shape index (κ3) is 4.46. The maximum absolute atomic E-state index is 13.1. The summed E-state index contributed by atoms with van der Waals surface area (Å²) < 4.78 is 15.0. The first kappa shape index (κ1) is 19.3. The number of aromatic nitrogens is 3. The van der Waals surface area contributed by atoms with Crippen molar-refractivity contribution in [3.8, 4) is 11.4 Å². The fourth-order valence-corrected chi connectivity index (χ4v) is 3.60.